The third-order valence-electron chi connectivity index (χ3n) is 5.25. The monoisotopic (exact) mass is 374 g/mol. The molecule has 4 aromatic rings. The first-order valence-electron chi connectivity index (χ1n) is 9.14. The number of carbonyl (C=O) groups is 1. The Balaban J connectivity index is 1.69. The summed E-state index contributed by atoms with van der Waals surface area (Å²) in [6, 6.07) is 17.3. The molecule has 0 atom stereocenters. The highest BCUT2D eigenvalue weighted by molar-refractivity contribution is 5.97. The van der Waals surface area contributed by atoms with E-state index in [2.05, 4.69) is 4.98 Å². The molecule has 0 fully saturated rings. The van der Waals surface area contributed by atoms with E-state index in [1.165, 1.54) is 4.90 Å². The van der Waals surface area contributed by atoms with Crippen LogP contribution in [0.15, 0.2) is 65.6 Å². The van der Waals surface area contributed by atoms with Gasteiger partial charge >= 0.3 is 0 Å². The smallest absolute Gasteiger partial charge is 0.295 e. The van der Waals surface area contributed by atoms with E-state index in [1.807, 2.05) is 74.8 Å². The van der Waals surface area contributed by atoms with Crippen molar-refractivity contribution in [3.8, 4) is 5.69 Å². The van der Waals surface area contributed by atoms with Crippen LogP contribution >= 0.6 is 0 Å². The number of amides is 1. The Labute approximate surface area is 162 Å². The quantitative estimate of drug-likeness (QED) is 0.596. The van der Waals surface area contributed by atoms with Crippen molar-refractivity contribution in [1.29, 1.82) is 0 Å². The summed E-state index contributed by atoms with van der Waals surface area (Å²) in [5, 5.41) is 1.02. The number of aromatic amines is 1. The normalized spacial score (nSPS) is 11.1. The molecule has 0 aliphatic heterocycles. The summed E-state index contributed by atoms with van der Waals surface area (Å²) in [7, 11) is 3.49. The summed E-state index contributed by atoms with van der Waals surface area (Å²) in [6.07, 6.45) is 2.08. The highest BCUT2D eigenvalue weighted by Gasteiger charge is 2.23. The van der Waals surface area contributed by atoms with Gasteiger partial charge in [0.15, 0.2) is 0 Å². The van der Waals surface area contributed by atoms with Gasteiger partial charge in [0.2, 0.25) is 5.91 Å². The van der Waals surface area contributed by atoms with Gasteiger partial charge in [-0.05, 0) is 30.7 Å². The summed E-state index contributed by atoms with van der Waals surface area (Å²) in [4.78, 5) is 30.7. The molecule has 0 aliphatic rings. The maximum Gasteiger partial charge on any atom is 0.295 e. The summed E-state index contributed by atoms with van der Waals surface area (Å²) in [5.74, 6) is -0.129. The first kappa shape index (κ1) is 17.9. The minimum absolute atomic E-state index is 0.129. The number of hydrogen-bond acceptors (Lipinski definition) is 2. The second-order valence-electron chi connectivity index (χ2n) is 6.90. The molecule has 2 aromatic carbocycles. The predicted molar refractivity (Wildman–Crippen MR) is 111 cm³/mol. The summed E-state index contributed by atoms with van der Waals surface area (Å²) in [6.45, 7) is 1.85. The van der Waals surface area contributed by atoms with Gasteiger partial charge in [-0.3, -0.25) is 14.3 Å². The number of aromatic nitrogens is 3. The fourth-order valence-electron chi connectivity index (χ4n) is 3.62. The standard InChI is InChI=1S/C22H22N4O2/c1-15-21(22(28)26(25(15)3)17-9-5-4-6-10-17)24(2)20(27)13-16-14-23-19-12-8-7-11-18(16)19/h4-12,14,23H,13H2,1-3H3. The molecule has 1 N–H and O–H groups in total. The topological polar surface area (TPSA) is 63.0 Å². The minimum Gasteiger partial charge on any atom is -0.361 e. The number of H-pyrrole nitrogens is 1. The zero-order valence-corrected chi connectivity index (χ0v) is 16.1. The molecule has 2 heterocycles. The molecule has 0 aliphatic carbocycles. The van der Waals surface area contributed by atoms with E-state index < -0.39 is 0 Å². The molecule has 28 heavy (non-hydrogen) atoms. The van der Waals surface area contributed by atoms with Gasteiger partial charge in [0.25, 0.3) is 5.56 Å². The first-order chi connectivity index (χ1) is 13.5. The van der Waals surface area contributed by atoms with Crippen LogP contribution in [0.25, 0.3) is 16.6 Å². The van der Waals surface area contributed by atoms with Gasteiger partial charge in [-0.1, -0.05) is 36.4 Å². The molecule has 0 unspecified atom stereocenters. The molecular weight excluding hydrogens is 352 g/mol. The van der Waals surface area contributed by atoms with Gasteiger partial charge in [0, 0.05) is 31.2 Å². The van der Waals surface area contributed by atoms with Gasteiger partial charge in [0.1, 0.15) is 5.69 Å². The van der Waals surface area contributed by atoms with Crippen molar-refractivity contribution >= 4 is 22.5 Å². The van der Waals surface area contributed by atoms with Crippen LogP contribution in [0.4, 0.5) is 5.69 Å². The van der Waals surface area contributed by atoms with E-state index in [0.717, 1.165) is 27.8 Å². The van der Waals surface area contributed by atoms with Crippen molar-refractivity contribution < 1.29 is 4.79 Å². The van der Waals surface area contributed by atoms with E-state index >= 15 is 0 Å². The van der Waals surface area contributed by atoms with Crippen LogP contribution in [0.5, 0.6) is 0 Å². The van der Waals surface area contributed by atoms with Crippen LogP contribution in [0, 0.1) is 6.92 Å². The van der Waals surface area contributed by atoms with E-state index in [-0.39, 0.29) is 17.9 Å². The van der Waals surface area contributed by atoms with Gasteiger partial charge < -0.3 is 9.88 Å². The molecule has 0 spiro atoms. The number of nitrogens with zero attached hydrogens (tertiary/aromatic N) is 3. The van der Waals surface area contributed by atoms with Gasteiger partial charge in [-0.15, -0.1) is 0 Å². The number of likely N-dealkylation sites (N-methyl/N-ethyl adjacent to an activating group) is 1. The van der Waals surface area contributed by atoms with Gasteiger partial charge in [-0.25, -0.2) is 4.68 Å². The molecule has 6 nitrogen and oxygen atoms in total. The molecule has 0 saturated heterocycles. The Bertz CT molecular complexity index is 1210. The molecule has 142 valence electrons. The van der Waals surface area contributed by atoms with E-state index in [9.17, 15) is 9.59 Å². The van der Waals surface area contributed by atoms with Crippen molar-refractivity contribution in [2.75, 3.05) is 11.9 Å². The average molecular weight is 374 g/mol. The lowest BCUT2D eigenvalue weighted by molar-refractivity contribution is -0.117. The summed E-state index contributed by atoms with van der Waals surface area (Å²) >= 11 is 0. The molecule has 0 saturated carbocycles. The molecule has 0 radical (unpaired) electrons. The second kappa shape index (κ2) is 6.88. The fourth-order valence-corrected chi connectivity index (χ4v) is 3.62. The zero-order chi connectivity index (χ0) is 19.8. The third kappa shape index (κ3) is 2.83. The number of para-hydroxylation sites is 2. The average Bonchev–Trinajstić information content (AvgIpc) is 3.21. The maximum absolute atomic E-state index is 13.1. The number of rotatable bonds is 4. The summed E-state index contributed by atoms with van der Waals surface area (Å²) < 4.78 is 3.36. The maximum atomic E-state index is 13.1. The van der Waals surface area contributed by atoms with Crippen LogP contribution in [0.3, 0.4) is 0 Å². The SMILES string of the molecule is Cc1c(N(C)C(=O)Cc2c[nH]c3ccccc23)c(=O)n(-c2ccccc2)n1C. The fraction of sp³-hybridized carbons (Fsp3) is 0.182. The Kier molecular flexibility index (Phi) is 4.39. The second-order valence-corrected chi connectivity index (χ2v) is 6.90. The lowest BCUT2D eigenvalue weighted by atomic mass is 10.1. The first-order valence-corrected chi connectivity index (χ1v) is 9.14. The number of hydrogen-bond donors (Lipinski definition) is 1. The van der Waals surface area contributed by atoms with Crippen molar-refractivity contribution in [1.82, 2.24) is 14.3 Å². The predicted octanol–water partition coefficient (Wildman–Crippen LogP) is 3.17. The Morgan fingerprint density at radius 2 is 1.75 bits per heavy atom. The van der Waals surface area contributed by atoms with E-state index in [1.54, 1.807) is 16.4 Å². The Morgan fingerprint density at radius 1 is 1.07 bits per heavy atom. The van der Waals surface area contributed by atoms with Crippen LogP contribution in [0.1, 0.15) is 11.3 Å². The minimum atomic E-state index is -0.207. The number of carbonyl (C=O) groups excluding carboxylic acids is 1. The van der Waals surface area contributed by atoms with E-state index in [4.69, 9.17) is 0 Å². The number of nitrogens with one attached hydrogen (secondary N) is 1. The lowest BCUT2D eigenvalue weighted by Gasteiger charge is -2.15. The van der Waals surface area contributed by atoms with Crippen molar-refractivity contribution in [2.24, 2.45) is 7.05 Å². The molecule has 2 aromatic heterocycles. The summed E-state index contributed by atoms with van der Waals surface area (Å²) in [5.41, 5.74) is 3.61. The Hall–Kier alpha value is -3.54. The molecule has 1 amide bonds. The number of benzene rings is 2. The van der Waals surface area contributed by atoms with Crippen LogP contribution in [0.2, 0.25) is 0 Å². The zero-order valence-electron chi connectivity index (χ0n) is 16.1. The van der Waals surface area contributed by atoms with Crippen molar-refractivity contribution in [3.05, 3.63) is 82.4 Å². The van der Waals surface area contributed by atoms with Crippen molar-refractivity contribution in [2.45, 2.75) is 13.3 Å². The molecule has 4 rings (SSSR count). The van der Waals surface area contributed by atoms with Crippen LogP contribution in [-0.2, 0) is 18.3 Å². The van der Waals surface area contributed by atoms with Gasteiger partial charge in [0.05, 0.1) is 17.8 Å². The lowest BCUT2D eigenvalue weighted by Crippen LogP contribution is -2.32. The molecule has 6 heteroatoms. The Morgan fingerprint density at radius 3 is 2.50 bits per heavy atom. The highest BCUT2D eigenvalue weighted by atomic mass is 16.2. The van der Waals surface area contributed by atoms with Crippen molar-refractivity contribution in [3.63, 3.8) is 0 Å². The highest BCUT2D eigenvalue weighted by Crippen LogP contribution is 2.21. The van der Waals surface area contributed by atoms with Gasteiger partial charge in [-0.2, -0.15) is 0 Å². The largest absolute Gasteiger partial charge is 0.361 e. The number of anilines is 1. The molecular formula is C22H22N4O2. The third-order valence-corrected chi connectivity index (χ3v) is 5.25. The number of fused-ring (bicyclic) bond motifs is 1. The van der Waals surface area contributed by atoms with Crippen LogP contribution in [-0.4, -0.2) is 27.3 Å². The molecule has 0 bridgehead atoms. The van der Waals surface area contributed by atoms with E-state index in [0.29, 0.717) is 5.69 Å². The van der Waals surface area contributed by atoms with Crippen LogP contribution < -0.4 is 10.5 Å².